The number of hydrogen-bond donors (Lipinski definition) is 2. The van der Waals surface area contributed by atoms with E-state index in [4.69, 9.17) is 0 Å². The predicted molar refractivity (Wildman–Crippen MR) is 66.2 cm³/mol. The molecule has 0 spiro atoms. The summed E-state index contributed by atoms with van der Waals surface area (Å²) in [6, 6.07) is 2.09. The van der Waals surface area contributed by atoms with Gasteiger partial charge in [0.15, 0.2) is 0 Å². The molecule has 0 saturated carbocycles. The van der Waals surface area contributed by atoms with E-state index in [1.807, 2.05) is 17.6 Å². The van der Waals surface area contributed by atoms with Gasteiger partial charge < -0.3 is 10.3 Å². The zero-order chi connectivity index (χ0) is 11.8. The van der Waals surface area contributed by atoms with Crippen LogP contribution in [0.15, 0.2) is 17.1 Å². The van der Waals surface area contributed by atoms with Crippen molar-refractivity contribution in [2.45, 2.75) is 25.8 Å². The number of H-pyrrole nitrogens is 1. The van der Waals surface area contributed by atoms with Crippen LogP contribution in [0.5, 0.6) is 0 Å². The highest BCUT2D eigenvalue weighted by Gasteiger charge is 2.19. The third-order valence-electron chi connectivity index (χ3n) is 3.47. The second kappa shape index (κ2) is 4.00. The Kier molecular flexibility index (Phi) is 2.48. The molecule has 0 aromatic carbocycles. The van der Waals surface area contributed by atoms with Crippen LogP contribution in [-0.4, -0.2) is 27.6 Å². The largest absolute Gasteiger partial charge is 0.346 e. The smallest absolute Gasteiger partial charge is 0.263 e. The van der Waals surface area contributed by atoms with Gasteiger partial charge in [0.2, 0.25) is 0 Å². The predicted octanol–water partition coefficient (Wildman–Crippen LogP) is 0.958. The third-order valence-corrected chi connectivity index (χ3v) is 3.47. The van der Waals surface area contributed by atoms with Crippen LogP contribution >= 0.6 is 0 Å². The molecule has 90 valence electrons. The van der Waals surface area contributed by atoms with E-state index >= 15 is 0 Å². The minimum atomic E-state index is 0.0839. The van der Waals surface area contributed by atoms with E-state index in [2.05, 4.69) is 15.3 Å². The van der Waals surface area contributed by atoms with Crippen molar-refractivity contribution in [2.24, 2.45) is 0 Å². The van der Waals surface area contributed by atoms with Crippen molar-refractivity contribution in [3.8, 4) is 0 Å². The topological polar surface area (TPSA) is 62.7 Å². The van der Waals surface area contributed by atoms with Crippen LogP contribution in [0.3, 0.4) is 0 Å². The van der Waals surface area contributed by atoms with Crippen molar-refractivity contribution in [3.63, 3.8) is 0 Å². The standard InChI is InChI=1S/C12H16N4O/c1-8-15-11-10(4-7-14-11)12(17)16(8)9-2-5-13-6-3-9/h4,7,9,13-14H,2-3,5-6H2,1H3. The summed E-state index contributed by atoms with van der Waals surface area (Å²) in [4.78, 5) is 19.8. The van der Waals surface area contributed by atoms with Gasteiger partial charge in [-0.05, 0) is 38.9 Å². The highest BCUT2D eigenvalue weighted by Crippen LogP contribution is 2.19. The molecule has 1 aliphatic rings. The van der Waals surface area contributed by atoms with Gasteiger partial charge in [0, 0.05) is 12.2 Å². The summed E-state index contributed by atoms with van der Waals surface area (Å²) in [7, 11) is 0. The van der Waals surface area contributed by atoms with Crippen LogP contribution in [0.4, 0.5) is 0 Å². The highest BCUT2D eigenvalue weighted by molar-refractivity contribution is 5.74. The Morgan fingerprint density at radius 2 is 2.18 bits per heavy atom. The fourth-order valence-corrected chi connectivity index (χ4v) is 2.61. The van der Waals surface area contributed by atoms with Gasteiger partial charge in [-0.1, -0.05) is 0 Å². The van der Waals surface area contributed by atoms with E-state index in [9.17, 15) is 4.79 Å². The van der Waals surface area contributed by atoms with Crippen molar-refractivity contribution < 1.29 is 0 Å². The minimum Gasteiger partial charge on any atom is -0.346 e. The number of hydrogen-bond acceptors (Lipinski definition) is 3. The van der Waals surface area contributed by atoms with Crippen LogP contribution in [0.2, 0.25) is 0 Å². The molecule has 2 aromatic rings. The van der Waals surface area contributed by atoms with E-state index in [0.717, 1.165) is 31.8 Å². The Labute approximate surface area is 98.9 Å². The summed E-state index contributed by atoms with van der Waals surface area (Å²) in [6.07, 6.45) is 3.77. The normalized spacial score (nSPS) is 17.7. The lowest BCUT2D eigenvalue weighted by atomic mass is 10.1. The average molecular weight is 232 g/mol. The van der Waals surface area contributed by atoms with Gasteiger partial charge in [-0.2, -0.15) is 0 Å². The zero-order valence-electron chi connectivity index (χ0n) is 9.86. The Morgan fingerprint density at radius 3 is 2.94 bits per heavy atom. The average Bonchev–Trinajstić information content (AvgIpc) is 2.78. The van der Waals surface area contributed by atoms with E-state index in [0.29, 0.717) is 11.0 Å². The van der Waals surface area contributed by atoms with Crippen molar-refractivity contribution in [1.82, 2.24) is 19.9 Å². The molecule has 0 unspecified atom stereocenters. The summed E-state index contributed by atoms with van der Waals surface area (Å²) in [5, 5.41) is 4.00. The second-order valence-electron chi connectivity index (χ2n) is 4.56. The van der Waals surface area contributed by atoms with Gasteiger partial charge in [0.1, 0.15) is 11.5 Å². The van der Waals surface area contributed by atoms with Crippen LogP contribution in [0.25, 0.3) is 11.0 Å². The van der Waals surface area contributed by atoms with Gasteiger partial charge in [0.05, 0.1) is 5.39 Å². The second-order valence-corrected chi connectivity index (χ2v) is 4.56. The molecule has 17 heavy (non-hydrogen) atoms. The molecule has 5 heteroatoms. The number of rotatable bonds is 1. The van der Waals surface area contributed by atoms with Gasteiger partial charge in [-0.15, -0.1) is 0 Å². The first-order chi connectivity index (χ1) is 8.27. The molecule has 0 aliphatic carbocycles. The molecule has 0 bridgehead atoms. The Hall–Kier alpha value is -1.62. The monoisotopic (exact) mass is 232 g/mol. The van der Waals surface area contributed by atoms with E-state index in [1.165, 1.54) is 0 Å². The van der Waals surface area contributed by atoms with E-state index < -0.39 is 0 Å². The number of aryl methyl sites for hydroxylation is 1. The van der Waals surface area contributed by atoms with Crippen LogP contribution in [0.1, 0.15) is 24.7 Å². The van der Waals surface area contributed by atoms with Crippen LogP contribution in [-0.2, 0) is 0 Å². The van der Waals surface area contributed by atoms with Crippen molar-refractivity contribution >= 4 is 11.0 Å². The molecule has 2 N–H and O–H groups in total. The molecule has 3 heterocycles. The van der Waals surface area contributed by atoms with Gasteiger partial charge >= 0.3 is 0 Å². The van der Waals surface area contributed by atoms with Crippen molar-refractivity contribution in [1.29, 1.82) is 0 Å². The number of nitrogens with zero attached hydrogens (tertiary/aromatic N) is 2. The fraction of sp³-hybridized carbons (Fsp3) is 0.500. The summed E-state index contributed by atoms with van der Waals surface area (Å²) >= 11 is 0. The first-order valence-corrected chi connectivity index (χ1v) is 6.04. The molecule has 1 aliphatic heterocycles. The van der Waals surface area contributed by atoms with Crippen molar-refractivity contribution in [3.05, 3.63) is 28.4 Å². The van der Waals surface area contributed by atoms with Gasteiger partial charge in [-0.25, -0.2) is 4.98 Å². The molecular weight excluding hydrogens is 216 g/mol. The lowest BCUT2D eigenvalue weighted by molar-refractivity contribution is 0.354. The summed E-state index contributed by atoms with van der Waals surface area (Å²) < 4.78 is 1.86. The number of fused-ring (bicyclic) bond motifs is 1. The maximum absolute atomic E-state index is 12.4. The zero-order valence-corrected chi connectivity index (χ0v) is 9.86. The maximum atomic E-state index is 12.4. The van der Waals surface area contributed by atoms with Gasteiger partial charge in [0.25, 0.3) is 5.56 Å². The lowest BCUT2D eigenvalue weighted by Crippen LogP contribution is -2.35. The quantitative estimate of drug-likeness (QED) is 0.769. The van der Waals surface area contributed by atoms with E-state index in [-0.39, 0.29) is 11.6 Å². The van der Waals surface area contributed by atoms with Crippen molar-refractivity contribution in [2.75, 3.05) is 13.1 Å². The van der Waals surface area contributed by atoms with Crippen LogP contribution in [0, 0.1) is 6.92 Å². The highest BCUT2D eigenvalue weighted by atomic mass is 16.1. The molecule has 0 atom stereocenters. The van der Waals surface area contributed by atoms with E-state index in [1.54, 1.807) is 6.20 Å². The third kappa shape index (κ3) is 1.67. The molecule has 3 rings (SSSR count). The minimum absolute atomic E-state index is 0.0839. The molecule has 1 saturated heterocycles. The fourth-order valence-electron chi connectivity index (χ4n) is 2.61. The number of aromatic nitrogens is 3. The Balaban J connectivity index is 2.17. The molecular formula is C12H16N4O. The van der Waals surface area contributed by atoms with Crippen LogP contribution < -0.4 is 10.9 Å². The number of aromatic amines is 1. The summed E-state index contributed by atoms with van der Waals surface area (Å²) in [5.74, 6) is 0.803. The number of piperidine rings is 1. The lowest BCUT2D eigenvalue weighted by Gasteiger charge is -2.25. The molecule has 5 nitrogen and oxygen atoms in total. The molecule has 2 aromatic heterocycles. The Bertz CT molecular complexity index is 592. The molecule has 0 radical (unpaired) electrons. The first kappa shape index (κ1) is 10.5. The number of nitrogens with one attached hydrogen (secondary N) is 2. The van der Waals surface area contributed by atoms with Gasteiger partial charge in [-0.3, -0.25) is 9.36 Å². The molecule has 1 fully saturated rings. The summed E-state index contributed by atoms with van der Waals surface area (Å²) in [6.45, 7) is 3.85. The maximum Gasteiger partial charge on any atom is 0.263 e. The first-order valence-electron chi connectivity index (χ1n) is 6.04. The Morgan fingerprint density at radius 1 is 1.41 bits per heavy atom. The molecule has 0 amide bonds. The SMILES string of the molecule is Cc1nc2[nH]ccc2c(=O)n1C1CCNCC1. The summed E-state index contributed by atoms with van der Waals surface area (Å²) in [5.41, 5.74) is 0.776.